The zero-order valence-corrected chi connectivity index (χ0v) is 12.9. The van der Waals surface area contributed by atoms with Crippen LogP contribution in [0.1, 0.15) is 36.4 Å². The molecule has 0 bridgehead atoms. The quantitative estimate of drug-likeness (QED) is 0.850. The Kier molecular flexibility index (Phi) is 4.82. The van der Waals surface area contributed by atoms with Crippen molar-refractivity contribution in [3.05, 3.63) is 4.88 Å². The van der Waals surface area contributed by atoms with Gasteiger partial charge >= 0.3 is 0 Å². The molecule has 2 rings (SSSR count). The molecule has 0 saturated carbocycles. The molecular formula is C13H23N5OS. The van der Waals surface area contributed by atoms with Crippen molar-refractivity contribution >= 4 is 28.2 Å². The first-order valence-electron chi connectivity index (χ1n) is 7.12. The van der Waals surface area contributed by atoms with Gasteiger partial charge in [0.2, 0.25) is 0 Å². The molecule has 7 heteroatoms. The van der Waals surface area contributed by atoms with Crippen molar-refractivity contribution in [3.63, 3.8) is 0 Å². The number of anilines is 2. The third-order valence-corrected chi connectivity index (χ3v) is 4.61. The molecule has 20 heavy (non-hydrogen) atoms. The Morgan fingerprint density at radius 3 is 2.85 bits per heavy atom. The Balaban J connectivity index is 2.16. The summed E-state index contributed by atoms with van der Waals surface area (Å²) in [5.41, 5.74) is 11.8. The maximum absolute atomic E-state index is 12.5. The number of hydrogen-bond acceptors (Lipinski definition) is 6. The third kappa shape index (κ3) is 3.04. The van der Waals surface area contributed by atoms with E-state index >= 15 is 0 Å². The Morgan fingerprint density at radius 2 is 2.30 bits per heavy atom. The van der Waals surface area contributed by atoms with Crippen LogP contribution in [-0.2, 0) is 0 Å². The predicted molar refractivity (Wildman–Crippen MR) is 83.2 cm³/mol. The van der Waals surface area contributed by atoms with Gasteiger partial charge in [-0.2, -0.15) is 0 Å². The highest BCUT2D eigenvalue weighted by atomic mass is 32.1. The van der Waals surface area contributed by atoms with E-state index in [4.69, 9.17) is 11.5 Å². The maximum Gasteiger partial charge on any atom is 0.267 e. The number of amides is 1. The van der Waals surface area contributed by atoms with Crippen LogP contribution in [0.25, 0.3) is 0 Å². The van der Waals surface area contributed by atoms with Gasteiger partial charge in [-0.1, -0.05) is 18.3 Å². The van der Waals surface area contributed by atoms with Crippen molar-refractivity contribution in [1.82, 2.24) is 9.88 Å². The fraction of sp³-hybridized carbons (Fsp3) is 0.692. The number of aromatic nitrogens is 1. The highest BCUT2D eigenvalue weighted by molar-refractivity contribution is 7.18. The summed E-state index contributed by atoms with van der Waals surface area (Å²) >= 11 is 1.38. The summed E-state index contributed by atoms with van der Waals surface area (Å²) in [7, 11) is 0. The minimum absolute atomic E-state index is 0.0147. The fourth-order valence-electron chi connectivity index (χ4n) is 2.39. The number of nitrogens with two attached hydrogens (primary N) is 2. The molecule has 0 radical (unpaired) electrons. The lowest BCUT2D eigenvalue weighted by Gasteiger charge is -2.19. The van der Waals surface area contributed by atoms with Gasteiger partial charge in [0, 0.05) is 32.2 Å². The lowest BCUT2D eigenvalue weighted by molar-refractivity contribution is 0.0770. The highest BCUT2D eigenvalue weighted by Crippen LogP contribution is 2.31. The average Bonchev–Trinajstić information content (AvgIpc) is 3.01. The van der Waals surface area contributed by atoms with Gasteiger partial charge in [-0.3, -0.25) is 4.79 Å². The minimum atomic E-state index is -0.0147. The molecular weight excluding hydrogens is 274 g/mol. The van der Waals surface area contributed by atoms with E-state index < -0.39 is 0 Å². The summed E-state index contributed by atoms with van der Waals surface area (Å²) < 4.78 is 0. The van der Waals surface area contributed by atoms with Crippen molar-refractivity contribution in [2.24, 2.45) is 5.73 Å². The molecule has 1 unspecified atom stereocenters. The normalized spacial score (nSPS) is 18.6. The van der Waals surface area contributed by atoms with Crippen molar-refractivity contribution in [1.29, 1.82) is 0 Å². The zero-order chi connectivity index (χ0) is 14.7. The molecule has 6 nitrogen and oxygen atoms in total. The van der Waals surface area contributed by atoms with E-state index in [0.29, 0.717) is 17.2 Å². The standard InChI is InChI=1S/C13H23N5OS/c1-3-6-17(4-2)12(19)10-11(15)16-13(20-10)18-7-5-9(14)8-18/h9H,3-8,14-15H2,1-2H3. The van der Waals surface area contributed by atoms with Gasteiger partial charge in [0.25, 0.3) is 5.91 Å². The summed E-state index contributed by atoms with van der Waals surface area (Å²) in [6.45, 7) is 7.14. The monoisotopic (exact) mass is 297 g/mol. The van der Waals surface area contributed by atoms with Crippen LogP contribution in [-0.4, -0.2) is 48.0 Å². The first-order chi connectivity index (χ1) is 9.56. The van der Waals surface area contributed by atoms with Crippen molar-refractivity contribution in [3.8, 4) is 0 Å². The van der Waals surface area contributed by atoms with Crippen LogP contribution in [0.3, 0.4) is 0 Å². The van der Waals surface area contributed by atoms with Crippen LogP contribution < -0.4 is 16.4 Å². The number of carbonyl (C=O) groups excluding carboxylic acids is 1. The fourth-order valence-corrected chi connectivity index (χ4v) is 3.37. The number of rotatable bonds is 5. The Morgan fingerprint density at radius 1 is 1.55 bits per heavy atom. The van der Waals surface area contributed by atoms with Gasteiger partial charge in [-0.25, -0.2) is 4.98 Å². The average molecular weight is 297 g/mol. The Hall–Kier alpha value is -1.34. The van der Waals surface area contributed by atoms with Crippen molar-refractivity contribution in [2.45, 2.75) is 32.7 Å². The predicted octanol–water partition coefficient (Wildman–Crippen LogP) is 1.13. The molecule has 1 amide bonds. The molecule has 0 aromatic carbocycles. The van der Waals surface area contributed by atoms with E-state index in [1.807, 2.05) is 11.8 Å². The third-order valence-electron chi connectivity index (χ3n) is 3.49. The first kappa shape index (κ1) is 15.1. The van der Waals surface area contributed by atoms with Crippen LogP contribution in [0.15, 0.2) is 0 Å². The lowest BCUT2D eigenvalue weighted by atomic mass is 10.3. The number of carbonyl (C=O) groups is 1. The summed E-state index contributed by atoms with van der Waals surface area (Å²) in [6.07, 6.45) is 1.89. The molecule has 1 aromatic heterocycles. The Bertz CT molecular complexity index is 475. The molecule has 1 aliphatic rings. The van der Waals surface area contributed by atoms with E-state index in [9.17, 15) is 4.79 Å². The van der Waals surface area contributed by atoms with Crippen molar-refractivity contribution in [2.75, 3.05) is 36.8 Å². The minimum Gasteiger partial charge on any atom is -0.382 e. The zero-order valence-electron chi connectivity index (χ0n) is 12.1. The van der Waals surface area contributed by atoms with Gasteiger partial charge in [-0.05, 0) is 19.8 Å². The molecule has 1 aromatic rings. The van der Waals surface area contributed by atoms with Crippen LogP contribution >= 0.6 is 11.3 Å². The van der Waals surface area contributed by atoms with Gasteiger partial charge in [0.15, 0.2) is 5.13 Å². The van der Waals surface area contributed by atoms with Gasteiger partial charge in [0.1, 0.15) is 10.7 Å². The Labute approximate surface area is 123 Å². The van der Waals surface area contributed by atoms with E-state index in [1.54, 1.807) is 0 Å². The van der Waals surface area contributed by atoms with Gasteiger partial charge < -0.3 is 21.3 Å². The van der Waals surface area contributed by atoms with Crippen LogP contribution in [0, 0.1) is 0 Å². The number of nitrogens with zero attached hydrogens (tertiary/aromatic N) is 3. The van der Waals surface area contributed by atoms with Crippen LogP contribution in [0.4, 0.5) is 10.9 Å². The molecule has 112 valence electrons. The molecule has 0 spiro atoms. The molecule has 1 fully saturated rings. The molecule has 1 aliphatic heterocycles. The lowest BCUT2D eigenvalue weighted by Crippen LogP contribution is -2.31. The maximum atomic E-state index is 12.5. The van der Waals surface area contributed by atoms with Crippen LogP contribution in [0.2, 0.25) is 0 Å². The molecule has 1 atom stereocenters. The van der Waals surface area contributed by atoms with E-state index in [1.165, 1.54) is 11.3 Å². The second-order valence-corrected chi connectivity index (χ2v) is 6.07. The number of hydrogen-bond donors (Lipinski definition) is 2. The summed E-state index contributed by atoms with van der Waals surface area (Å²) in [4.78, 5) is 21.3. The largest absolute Gasteiger partial charge is 0.382 e. The summed E-state index contributed by atoms with van der Waals surface area (Å²) in [5, 5.41) is 0.811. The molecule has 2 heterocycles. The van der Waals surface area contributed by atoms with E-state index in [2.05, 4.69) is 16.8 Å². The first-order valence-corrected chi connectivity index (χ1v) is 7.94. The topological polar surface area (TPSA) is 88.5 Å². The summed E-state index contributed by atoms with van der Waals surface area (Å²) in [6, 6.07) is 0.187. The second-order valence-electron chi connectivity index (χ2n) is 5.09. The smallest absolute Gasteiger partial charge is 0.267 e. The molecule has 4 N–H and O–H groups in total. The van der Waals surface area contributed by atoms with Gasteiger partial charge in [0.05, 0.1) is 0 Å². The number of nitrogen functional groups attached to an aromatic ring is 1. The van der Waals surface area contributed by atoms with E-state index in [-0.39, 0.29) is 11.9 Å². The molecule has 1 saturated heterocycles. The van der Waals surface area contributed by atoms with Gasteiger partial charge in [-0.15, -0.1) is 0 Å². The second kappa shape index (κ2) is 6.41. The van der Waals surface area contributed by atoms with Crippen LogP contribution in [0.5, 0.6) is 0 Å². The highest BCUT2D eigenvalue weighted by Gasteiger charge is 2.26. The van der Waals surface area contributed by atoms with Crippen molar-refractivity contribution < 1.29 is 4.79 Å². The van der Waals surface area contributed by atoms with E-state index in [0.717, 1.165) is 37.6 Å². The summed E-state index contributed by atoms with van der Waals surface area (Å²) in [5.74, 6) is 0.323. The SMILES string of the molecule is CCCN(CC)C(=O)c1sc(N2CCC(N)C2)nc1N. The molecule has 0 aliphatic carbocycles. The number of thiazole rings is 1.